The maximum Gasteiger partial charge on any atom is 0.104 e. The standard InChI is InChI=1S/C14H19NS/c1-3-12(15-4-2)14-10-11-8-6-5-7-9-13(11)16-14/h1,10,12,15H,4-9H2,2H3. The summed E-state index contributed by atoms with van der Waals surface area (Å²) in [7, 11) is 0. The quantitative estimate of drug-likeness (QED) is 0.624. The molecule has 0 spiro atoms. The van der Waals surface area contributed by atoms with Crippen molar-refractivity contribution in [3.8, 4) is 12.3 Å². The minimum atomic E-state index is 0.113. The van der Waals surface area contributed by atoms with E-state index in [1.807, 2.05) is 11.3 Å². The first-order valence-electron chi connectivity index (χ1n) is 6.16. The Morgan fingerprint density at radius 3 is 3.00 bits per heavy atom. The SMILES string of the molecule is C#CC(NCC)c1cc2c(s1)CCCCC2. The first kappa shape index (κ1) is 11.7. The fraction of sp³-hybridized carbons (Fsp3) is 0.571. The highest BCUT2D eigenvalue weighted by molar-refractivity contribution is 7.12. The molecule has 0 aromatic carbocycles. The number of hydrogen-bond donors (Lipinski definition) is 1. The summed E-state index contributed by atoms with van der Waals surface area (Å²) in [6, 6.07) is 2.44. The van der Waals surface area contributed by atoms with Crippen LogP contribution >= 0.6 is 11.3 Å². The summed E-state index contributed by atoms with van der Waals surface area (Å²) in [4.78, 5) is 2.90. The smallest absolute Gasteiger partial charge is 0.104 e. The van der Waals surface area contributed by atoms with Gasteiger partial charge in [0.05, 0.1) is 0 Å². The zero-order valence-electron chi connectivity index (χ0n) is 9.88. The van der Waals surface area contributed by atoms with Crippen LogP contribution in [0.25, 0.3) is 0 Å². The third-order valence-corrected chi connectivity index (χ3v) is 4.43. The van der Waals surface area contributed by atoms with E-state index in [1.54, 1.807) is 10.4 Å². The van der Waals surface area contributed by atoms with Crippen molar-refractivity contribution in [2.24, 2.45) is 0 Å². The van der Waals surface area contributed by atoms with Crippen LogP contribution in [-0.2, 0) is 12.8 Å². The normalized spacial score (nSPS) is 17.2. The Labute approximate surface area is 102 Å². The van der Waals surface area contributed by atoms with Gasteiger partial charge in [-0.25, -0.2) is 0 Å². The predicted molar refractivity (Wildman–Crippen MR) is 70.8 cm³/mol. The lowest BCUT2D eigenvalue weighted by molar-refractivity contribution is 0.672. The molecule has 1 nitrogen and oxygen atoms in total. The van der Waals surface area contributed by atoms with Crippen LogP contribution in [0.5, 0.6) is 0 Å². The number of terminal acetylenes is 1. The molecule has 16 heavy (non-hydrogen) atoms. The van der Waals surface area contributed by atoms with Crippen LogP contribution in [0.3, 0.4) is 0 Å². The molecule has 1 atom stereocenters. The van der Waals surface area contributed by atoms with E-state index < -0.39 is 0 Å². The molecule has 1 aliphatic carbocycles. The van der Waals surface area contributed by atoms with Gasteiger partial charge in [0.1, 0.15) is 6.04 Å². The molecule has 0 fully saturated rings. The van der Waals surface area contributed by atoms with E-state index in [1.165, 1.54) is 37.0 Å². The first-order chi connectivity index (χ1) is 7.85. The highest BCUT2D eigenvalue weighted by Crippen LogP contribution is 2.32. The molecule has 0 amide bonds. The molecule has 1 aliphatic rings. The Balaban J connectivity index is 2.20. The molecule has 0 saturated carbocycles. The predicted octanol–water partition coefficient (Wildman–Crippen LogP) is 3.30. The lowest BCUT2D eigenvalue weighted by Crippen LogP contribution is -2.18. The Kier molecular flexibility index (Phi) is 4.04. The summed E-state index contributed by atoms with van der Waals surface area (Å²) in [6.07, 6.45) is 12.1. The minimum Gasteiger partial charge on any atom is -0.300 e. The molecule has 0 bridgehead atoms. The fourth-order valence-electron chi connectivity index (χ4n) is 2.28. The minimum absolute atomic E-state index is 0.113. The van der Waals surface area contributed by atoms with E-state index in [0.717, 1.165) is 6.54 Å². The number of nitrogens with one attached hydrogen (secondary N) is 1. The van der Waals surface area contributed by atoms with Crippen molar-refractivity contribution in [2.45, 2.75) is 45.1 Å². The second-order valence-corrected chi connectivity index (χ2v) is 5.48. The molecule has 86 valence electrons. The van der Waals surface area contributed by atoms with Crippen LogP contribution in [0.15, 0.2) is 6.07 Å². The molecular weight excluding hydrogens is 214 g/mol. The monoisotopic (exact) mass is 233 g/mol. The summed E-state index contributed by atoms with van der Waals surface area (Å²) >= 11 is 1.92. The lowest BCUT2D eigenvalue weighted by atomic mass is 10.1. The van der Waals surface area contributed by atoms with Crippen molar-refractivity contribution in [1.82, 2.24) is 5.32 Å². The molecule has 2 rings (SSSR count). The largest absolute Gasteiger partial charge is 0.300 e. The van der Waals surface area contributed by atoms with E-state index in [4.69, 9.17) is 6.42 Å². The van der Waals surface area contributed by atoms with E-state index in [9.17, 15) is 0 Å². The molecule has 1 heterocycles. The second-order valence-electron chi connectivity index (χ2n) is 4.32. The highest BCUT2D eigenvalue weighted by atomic mass is 32.1. The Morgan fingerprint density at radius 1 is 1.44 bits per heavy atom. The molecule has 0 saturated heterocycles. The van der Waals surface area contributed by atoms with E-state index in [-0.39, 0.29) is 6.04 Å². The molecule has 0 radical (unpaired) electrons. The number of rotatable bonds is 3. The van der Waals surface area contributed by atoms with Gasteiger partial charge in [0.15, 0.2) is 0 Å². The molecule has 1 aromatic heterocycles. The van der Waals surface area contributed by atoms with Crippen molar-refractivity contribution in [1.29, 1.82) is 0 Å². The highest BCUT2D eigenvalue weighted by Gasteiger charge is 2.16. The van der Waals surface area contributed by atoms with Crippen molar-refractivity contribution >= 4 is 11.3 Å². The van der Waals surface area contributed by atoms with E-state index in [0.29, 0.717) is 0 Å². The average Bonchev–Trinajstić information content (AvgIpc) is 2.57. The Bertz CT molecular complexity index is 362. The number of hydrogen-bond acceptors (Lipinski definition) is 2. The van der Waals surface area contributed by atoms with Gasteiger partial charge in [-0.3, -0.25) is 5.32 Å². The van der Waals surface area contributed by atoms with Crippen molar-refractivity contribution in [3.63, 3.8) is 0 Å². The van der Waals surface area contributed by atoms with Crippen molar-refractivity contribution < 1.29 is 0 Å². The molecule has 1 N–H and O–H groups in total. The zero-order valence-corrected chi connectivity index (χ0v) is 10.7. The maximum atomic E-state index is 5.57. The summed E-state index contributed by atoms with van der Waals surface area (Å²) < 4.78 is 0. The van der Waals surface area contributed by atoms with E-state index >= 15 is 0 Å². The topological polar surface area (TPSA) is 12.0 Å². The van der Waals surface area contributed by atoms with Gasteiger partial charge in [-0.05, 0) is 43.9 Å². The van der Waals surface area contributed by atoms with Gasteiger partial charge >= 0.3 is 0 Å². The lowest BCUT2D eigenvalue weighted by Gasteiger charge is -2.08. The van der Waals surface area contributed by atoms with E-state index in [2.05, 4.69) is 24.2 Å². The molecule has 0 aliphatic heterocycles. The number of aryl methyl sites for hydroxylation is 2. The number of thiophene rings is 1. The third-order valence-electron chi connectivity index (χ3n) is 3.13. The van der Waals surface area contributed by atoms with Crippen LogP contribution in [-0.4, -0.2) is 6.54 Å². The van der Waals surface area contributed by atoms with Crippen LogP contribution in [0.1, 0.15) is 47.5 Å². The summed E-state index contributed by atoms with van der Waals surface area (Å²) in [5.41, 5.74) is 1.55. The van der Waals surface area contributed by atoms with Gasteiger partial charge in [0.2, 0.25) is 0 Å². The maximum absolute atomic E-state index is 5.57. The van der Waals surface area contributed by atoms with Crippen LogP contribution in [0, 0.1) is 12.3 Å². The molecule has 1 unspecified atom stereocenters. The Morgan fingerprint density at radius 2 is 2.25 bits per heavy atom. The first-order valence-corrected chi connectivity index (χ1v) is 6.97. The van der Waals surface area contributed by atoms with Gasteiger partial charge in [0.25, 0.3) is 0 Å². The van der Waals surface area contributed by atoms with Gasteiger partial charge < -0.3 is 0 Å². The van der Waals surface area contributed by atoms with Crippen LogP contribution < -0.4 is 5.32 Å². The fourth-order valence-corrected chi connectivity index (χ4v) is 3.57. The average molecular weight is 233 g/mol. The summed E-state index contributed by atoms with van der Waals surface area (Å²) in [5.74, 6) is 2.84. The summed E-state index contributed by atoms with van der Waals surface area (Å²) in [6.45, 7) is 3.03. The summed E-state index contributed by atoms with van der Waals surface area (Å²) in [5, 5.41) is 3.35. The third kappa shape index (κ3) is 2.48. The molecular formula is C14H19NS. The van der Waals surface area contributed by atoms with Crippen LogP contribution in [0.2, 0.25) is 0 Å². The molecule has 1 aromatic rings. The number of fused-ring (bicyclic) bond motifs is 1. The Hall–Kier alpha value is -0.780. The zero-order chi connectivity index (χ0) is 11.4. The molecule has 2 heteroatoms. The van der Waals surface area contributed by atoms with Crippen LogP contribution in [0.4, 0.5) is 0 Å². The van der Waals surface area contributed by atoms with Gasteiger partial charge in [0, 0.05) is 9.75 Å². The van der Waals surface area contributed by atoms with Gasteiger partial charge in [-0.2, -0.15) is 0 Å². The van der Waals surface area contributed by atoms with Gasteiger partial charge in [-0.15, -0.1) is 17.8 Å². The van der Waals surface area contributed by atoms with Crippen molar-refractivity contribution in [3.05, 3.63) is 21.4 Å². The second kappa shape index (κ2) is 5.52. The van der Waals surface area contributed by atoms with Crippen molar-refractivity contribution in [2.75, 3.05) is 6.54 Å². The van der Waals surface area contributed by atoms with Gasteiger partial charge in [-0.1, -0.05) is 19.3 Å².